The third kappa shape index (κ3) is 4.90. The van der Waals surface area contributed by atoms with Crippen LogP contribution in [0.15, 0.2) is 61.2 Å². The zero-order chi connectivity index (χ0) is 19.2. The van der Waals surface area contributed by atoms with Crippen molar-refractivity contribution >= 4 is 17.3 Å². The number of nitrogens with zero attached hydrogens (tertiary/aromatic N) is 1. The second-order valence-electron chi connectivity index (χ2n) is 6.66. The second kappa shape index (κ2) is 9.06. The Labute approximate surface area is 164 Å². The molecule has 0 aromatic heterocycles. The van der Waals surface area contributed by atoms with Crippen LogP contribution in [0.25, 0.3) is 0 Å². The van der Waals surface area contributed by atoms with Gasteiger partial charge in [-0.3, -0.25) is 0 Å². The Hall–Kier alpha value is -2.31. The number of thiocarbonyl (C=S) groups is 1. The Morgan fingerprint density at radius 2 is 1.52 bits per heavy atom. The zero-order valence-corrected chi connectivity index (χ0v) is 15.9. The quantitative estimate of drug-likeness (QED) is 0.606. The summed E-state index contributed by atoms with van der Waals surface area (Å²) in [4.78, 5) is 3.52. The molecule has 1 heterocycles. The average Bonchev–Trinajstić information content (AvgIpc) is 2.70. The van der Waals surface area contributed by atoms with Crippen LogP contribution in [0.4, 0.5) is 8.78 Å². The summed E-state index contributed by atoms with van der Waals surface area (Å²) in [6, 6.07) is 13.2. The van der Waals surface area contributed by atoms with E-state index in [1.54, 1.807) is 6.08 Å². The van der Waals surface area contributed by atoms with E-state index in [9.17, 15) is 8.78 Å². The summed E-state index contributed by atoms with van der Waals surface area (Å²) in [6.07, 6.45) is 1.78. The predicted octanol–water partition coefficient (Wildman–Crippen LogP) is 2.32. The maximum absolute atomic E-state index is 13.4. The van der Waals surface area contributed by atoms with Crippen LogP contribution in [0, 0.1) is 11.6 Å². The van der Waals surface area contributed by atoms with Crippen molar-refractivity contribution in [3.63, 3.8) is 0 Å². The summed E-state index contributed by atoms with van der Waals surface area (Å²) in [5.74, 6) is -0.509. The third-order valence-corrected chi connectivity index (χ3v) is 5.31. The molecule has 0 unspecified atom stereocenters. The molecule has 142 valence electrons. The Bertz CT molecular complexity index is 724. The second-order valence-corrected chi connectivity index (χ2v) is 7.04. The lowest BCUT2D eigenvalue weighted by Gasteiger charge is -2.38. The highest BCUT2D eigenvalue weighted by atomic mass is 32.1. The molecule has 2 aromatic carbocycles. The largest absolute Gasteiger partial charge is 0.359 e. The molecule has 0 saturated carbocycles. The fourth-order valence-corrected chi connectivity index (χ4v) is 3.80. The third-order valence-electron chi connectivity index (χ3n) is 4.91. The molecule has 3 rings (SSSR count). The van der Waals surface area contributed by atoms with Gasteiger partial charge in [0.2, 0.25) is 0 Å². The fourth-order valence-electron chi connectivity index (χ4n) is 3.53. The number of hydrogen-bond donors (Lipinski definition) is 2. The van der Waals surface area contributed by atoms with E-state index in [1.165, 1.54) is 29.2 Å². The molecule has 0 spiro atoms. The van der Waals surface area contributed by atoms with Crippen LogP contribution in [-0.4, -0.2) is 42.7 Å². The summed E-state index contributed by atoms with van der Waals surface area (Å²) >= 11 is 5.43. The average molecular weight is 389 g/mol. The van der Waals surface area contributed by atoms with Gasteiger partial charge in [0, 0.05) is 17.7 Å². The van der Waals surface area contributed by atoms with Crippen LogP contribution in [0.5, 0.6) is 0 Å². The Balaban J connectivity index is 1.78. The first-order valence-electron chi connectivity index (χ1n) is 9.07. The molecule has 0 aliphatic carbocycles. The van der Waals surface area contributed by atoms with Crippen molar-refractivity contribution in [2.24, 2.45) is 0 Å². The Morgan fingerprint density at radius 1 is 1.04 bits per heavy atom. The van der Waals surface area contributed by atoms with E-state index in [0.29, 0.717) is 6.54 Å². The minimum absolute atomic E-state index is 0.0306. The van der Waals surface area contributed by atoms with Gasteiger partial charge < -0.3 is 15.1 Å². The van der Waals surface area contributed by atoms with Crippen LogP contribution < -0.4 is 10.2 Å². The first-order valence-corrected chi connectivity index (χ1v) is 9.48. The highest BCUT2D eigenvalue weighted by molar-refractivity contribution is 7.80. The number of hydrogen-bond acceptors (Lipinski definition) is 1. The van der Waals surface area contributed by atoms with Gasteiger partial charge in [-0.2, -0.15) is 0 Å². The molecule has 0 radical (unpaired) electrons. The molecule has 1 aliphatic heterocycles. The smallest absolute Gasteiger partial charge is 0.169 e. The van der Waals surface area contributed by atoms with Crippen molar-refractivity contribution < 1.29 is 13.7 Å². The summed E-state index contributed by atoms with van der Waals surface area (Å²) in [5, 5.41) is 3.91. The first-order chi connectivity index (χ1) is 13.1. The topological polar surface area (TPSA) is 19.7 Å². The van der Waals surface area contributed by atoms with Crippen molar-refractivity contribution in [1.82, 2.24) is 10.2 Å². The zero-order valence-electron chi connectivity index (χ0n) is 15.1. The maximum Gasteiger partial charge on any atom is 0.169 e. The van der Waals surface area contributed by atoms with E-state index < -0.39 is 0 Å². The highest BCUT2D eigenvalue weighted by Crippen LogP contribution is 2.20. The van der Waals surface area contributed by atoms with E-state index in [2.05, 4.69) is 16.8 Å². The van der Waals surface area contributed by atoms with Crippen LogP contribution in [0.2, 0.25) is 0 Å². The van der Waals surface area contributed by atoms with Crippen molar-refractivity contribution in [2.75, 3.05) is 32.7 Å². The van der Waals surface area contributed by atoms with Gasteiger partial charge in [-0.15, -0.1) is 6.58 Å². The van der Waals surface area contributed by atoms with E-state index in [4.69, 9.17) is 12.2 Å². The normalized spacial score (nSPS) is 15.0. The van der Waals surface area contributed by atoms with Gasteiger partial charge in [0.05, 0.1) is 26.2 Å². The monoisotopic (exact) mass is 388 g/mol. The van der Waals surface area contributed by atoms with Gasteiger partial charge >= 0.3 is 0 Å². The van der Waals surface area contributed by atoms with Gasteiger partial charge in [-0.1, -0.05) is 6.08 Å². The van der Waals surface area contributed by atoms with Gasteiger partial charge in [0.1, 0.15) is 17.7 Å². The molecule has 1 saturated heterocycles. The van der Waals surface area contributed by atoms with E-state index >= 15 is 0 Å². The highest BCUT2D eigenvalue weighted by Gasteiger charge is 2.30. The lowest BCUT2D eigenvalue weighted by molar-refractivity contribution is -0.929. The molecule has 6 heteroatoms. The number of halogens is 2. The molecule has 2 aromatic rings. The van der Waals surface area contributed by atoms with E-state index in [1.807, 2.05) is 24.3 Å². The predicted molar refractivity (Wildman–Crippen MR) is 108 cm³/mol. The minimum atomic E-state index is -0.255. The van der Waals surface area contributed by atoms with Crippen LogP contribution in [0.1, 0.15) is 17.2 Å². The molecular formula is C21H24F2N3S+. The number of piperazine rings is 1. The Morgan fingerprint density at radius 3 is 1.96 bits per heavy atom. The molecule has 3 nitrogen and oxygen atoms in total. The molecule has 2 N–H and O–H groups in total. The van der Waals surface area contributed by atoms with E-state index in [-0.39, 0.29) is 17.7 Å². The first kappa shape index (κ1) is 19.5. The SMILES string of the molecule is C=CCNC(=S)N1CC[NH+](C(c2ccc(F)cc2)c2ccc(F)cc2)CC1. The van der Waals surface area contributed by atoms with Gasteiger partial charge in [0.15, 0.2) is 5.11 Å². The van der Waals surface area contributed by atoms with Gasteiger partial charge in [-0.25, -0.2) is 8.78 Å². The fraction of sp³-hybridized carbons (Fsp3) is 0.286. The lowest BCUT2D eigenvalue weighted by Crippen LogP contribution is -3.15. The molecule has 1 fully saturated rings. The number of rotatable bonds is 5. The minimum Gasteiger partial charge on any atom is -0.359 e. The molecule has 0 bridgehead atoms. The summed E-state index contributed by atoms with van der Waals surface area (Å²) in [6.45, 7) is 7.78. The Kier molecular flexibility index (Phi) is 6.53. The standard InChI is InChI=1S/C21H23F2N3S/c1-2-11-24-21(27)26-14-12-25(13-15-26)20(16-3-7-18(22)8-4-16)17-5-9-19(23)10-6-17/h2-10,20H,1,11-15H2,(H,24,27)/p+1. The lowest BCUT2D eigenvalue weighted by atomic mass is 9.96. The van der Waals surface area contributed by atoms with Crippen molar-refractivity contribution in [2.45, 2.75) is 6.04 Å². The number of quaternary nitrogens is 1. The van der Waals surface area contributed by atoms with Crippen molar-refractivity contribution in [1.29, 1.82) is 0 Å². The van der Waals surface area contributed by atoms with Crippen molar-refractivity contribution in [3.8, 4) is 0 Å². The molecule has 0 amide bonds. The number of nitrogens with one attached hydrogen (secondary N) is 2. The molecular weight excluding hydrogens is 364 g/mol. The van der Waals surface area contributed by atoms with Crippen LogP contribution in [0.3, 0.4) is 0 Å². The summed E-state index contributed by atoms with van der Waals surface area (Å²) < 4.78 is 26.8. The van der Waals surface area contributed by atoms with Gasteiger partial charge in [0.25, 0.3) is 0 Å². The molecule has 1 aliphatic rings. The molecule has 27 heavy (non-hydrogen) atoms. The van der Waals surface area contributed by atoms with Crippen LogP contribution in [-0.2, 0) is 0 Å². The number of benzene rings is 2. The van der Waals surface area contributed by atoms with Crippen LogP contribution >= 0.6 is 12.2 Å². The maximum atomic E-state index is 13.4. The van der Waals surface area contributed by atoms with Crippen molar-refractivity contribution in [3.05, 3.63) is 83.9 Å². The summed E-state index contributed by atoms with van der Waals surface area (Å²) in [7, 11) is 0. The van der Waals surface area contributed by atoms with Gasteiger partial charge in [-0.05, 0) is 60.7 Å². The molecule has 0 atom stereocenters. The summed E-state index contributed by atoms with van der Waals surface area (Å²) in [5.41, 5.74) is 2.05. The van der Waals surface area contributed by atoms with E-state index in [0.717, 1.165) is 42.4 Å².